The molecule has 0 saturated heterocycles. The summed E-state index contributed by atoms with van der Waals surface area (Å²) in [6, 6.07) is 20.5. The van der Waals surface area contributed by atoms with E-state index in [0.29, 0.717) is 29.0 Å². The van der Waals surface area contributed by atoms with E-state index in [0.717, 1.165) is 16.5 Å². The van der Waals surface area contributed by atoms with E-state index in [-0.39, 0.29) is 11.8 Å². The summed E-state index contributed by atoms with van der Waals surface area (Å²) in [7, 11) is -3.70. The molecular weight excluding hydrogens is 438 g/mol. The maximum absolute atomic E-state index is 12.7. The van der Waals surface area contributed by atoms with Gasteiger partial charge in [0.05, 0.1) is 5.41 Å². The van der Waals surface area contributed by atoms with E-state index in [2.05, 4.69) is 15.4 Å². The summed E-state index contributed by atoms with van der Waals surface area (Å²) in [5, 5.41) is 6.68. The first kappa shape index (κ1) is 23.7. The molecule has 0 aliphatic rings. The molecule has 3 rings (SSSR count). The van der Waals surface area contributed by atoms with Gasteiger partial charge in [-0.15, -0.1) is 0 Å². The van der Waals surface area contributed by atoms with Crippen LogP contribution in [0.25, 0.3) is 6.08 Å². The fourth-order valence-electron chi connectivity index (χ4n) is 2.90. The third kappa shape index (κ3) is 7.05. The summed E-state index contributed by atoms with van der Waals surface area (Å²) in [6.45, 7) is 3.61. The molecule has 0 aliphatic carbocycles. The minimum Gasteiger partial charge on any atom is -0.326 e. The summed E-state index contributed by atoms with van der Waals surface area (Å²) in [5.41, 5.74) is 3.47. The number of anilines is 3. The number of hydrogen-bond donors (Lipinski definition) is 3. The number of sulfonamides is 1. The molecule has 7 nitrogen and oxygen atoms in total. The van der Waals surface area contributed by atoms with Crippen molar-refractivity contribution in [1.82, 2.24) is 0 Å². The van der Waals surface area contributed by atoms with Crippen LogP contribution < -0.4 is 15.4 Å². The lowest BCUT2D eigenvalue weighted by molar-refractivity contribution is -0.115. The van der Waals surface area contributed by atoms with E-state index in [1.54, 1.807) is 31.2 Å². The van der Waals surface area contributed by atoms with Crippen molar-refractivity contribution in [3.05, 3.63) is 94.9 Å². The zero-order valence-electron chi connectivity index (χ0n) is 18.3. The Kier molecular flexibility index (Phi) is 7.63. The Labute approximate surface area is 193 Å². The lowest BCUT2D eigenvalue weighted by Crippen LogP contribution is -2.14. The Morgan fingerprint density at radius 2 is 1.55 bits per heavy atom. The third-order valence-corrected chi connectivity index (χ3v) is 5.75. The molecule has 0 bridgehead atoms. The summed E-state index contributed by atoms with van der Waals surface area (Å²) in [5.74, 6) is -0.469. The summed E-state index contributed by atoms with van der Waals surface area (Å²) in [6.07, 6.45) is 1.86. The molecule has 8 heteroatoms. The van der Waals surface area contributed by atoms with Crippen molar-refractivity contribution in [2.24, 2.45) is 0 Å². The Hall–Kier alpha value is -3.91. The van der Waals surface area contributed by atoms with Crippen LogP contribution in [0.5, 0.6) is 0 Å². The first-order chi connectivity index (χ1) is 15.8. The molecule has 0 aliphatic heterocycles. The number of carbonyl (C=O) groups is 2. The van der Waals surface area contributed by atoms with Crippen LogP contribution in [0.3, 0.4) is 0 Å². The van der Waals surface area contributed by atoms with Gasteiger partial charge in [0.15, 0.2) is 0 Å². The van der Waals surface area contributed by atoms with Gasteiger partial charge in [-0.3, -0.25) is 14.3 Å². The average molecular weight is 464 g/mol. The van der Waals surface area contributed by atoms with Gasteiger partial charge in [0, 0.05) is 29.0 Å². The van der Waals surface area contributed by atoms with Gasteiger partial charge in [-0.1, -0.05) is 43.3 Å². The topological polar surface area (TPSA) is 104 Å². The highest BCUT2D eigenvalue weighted by molar-refractivity contribution is 7.95. The molecule has 0 atom stereocenters. The number of carbonyl (C=O) groups excluding carboxylic acids is 2. The SMILES string of the molecule is CCC(=O)Nc1ccc(C)c(NC(=O)c2ccc(NS(=O)(=O)/C=C/c3ccccc3)cc2)c1. The highest BCUT2D eigenvalue weighted by atomic mass is 32.2. The van der Waals surface area contributed by atoms with Gasteiger partial charge in [-0.25, -0.2) is 8.42 Å². The Morgan fingerprint density at radius 1 is 0.879 bits per heavy atom. The maximum atomic E-state index is 12.7. The second-order valence-electron chi connectivity index (χ2n) is 7.32. The van der Waals surface area contributed by atoms with Gasteiger partial charge >= 0.3 is 0 Å². The molecule has 0 fully saturated rings. The van der Waals surface area contributed by atoms with Crippen LogP contribution >= 0.6 is 0 Å². The summed E-state index contributed by atoms with van der Waals surface area (Å²) < 4.78 is 27.0. The second-order valence-corrected chi connectivity index (χ2v) is 8.89. The van der Waals surface area contributed by atoms with E-state index < -0.39 is 10.0 Å². The number of benzene rings is 3. The molecule has 0 radical (unpaired) electrons. The van der Waals surface area contributed by atoms with Crippen molar-refractivity contribution in [2.75, 3.05) is 15.4 Å². The fourth-order valence-corrected chi connectivity index (χ4v) is 3.77. The quantitative estimate of drug-likeness (QED) is 0.437. The van der Waals surface area contributed by atoms with E-state index in [9.17, 15) is 18.0 Å². The predicted molar refractivity (Wildman–Crippen MR) is 133 cm³/mol. The zero-order valence-corrected chi connectivity index (χ0v) is 19.1. The maximum Gasteiger partial charge on any atom is 0.255 e. The third-order valence-electron chi connectivity index (χ3n) is 4.74. The first-order valence-electron chi connectivity index (χ1n) is 10.3. The van der Waals surface area contributed by atoms with Crippen LogP contribution in [0.4, 0.5) is 17.1 Å². The van der Waals surface area contributed by atoms with Crippen molar-refractivity contribution >= 4 is 45.0 Å². The zero-order chi connectivity index (χ0) is 23.8. The van der Waals surface area contributed by atoms with Crippen molar-refractivity contribution in [3.8, 4) is 0 Å². The number of hydrogen-bond acceptors (Lipinski definition) is 4. The highest BCUT2D eigenvalue weighted by Crippen LogP contribution is 2.22. The summed E-state index contributed by atoms with van der Waals surface area (Å²) in [4.78, 5) is 24.3. The number of aryl methyl sites for hydroxylation is 1. The van der Waals surface area contributed by atoms with E-state index in [1.807, 2.05) is 31.2 Å². The normalized spacial score (nSPS) is 11.2. The van der Waals surface area contributed by atoms with Gasteiger partial charge < -0.3 is 10.6 Å². The fraction of sp³-hybridized carbons (Fsp3) is 0.120. The van der Waals surface area contributed by atoms with Crippen molar-refractivity contribution in [1.29, 1.82) is 0 Å². The van der Waals surface area contributed by atoms with Crippen LogP contribution in [-0.4, -0.2) is 20.2 Å². The lowest BCUT2D eigenvalue weighted by Gasteiger charge is -2.12. The predicted octanol–water partition coefficient (Wildman–Crippen LogP) is 5.01. The Balaban J connectivity index is 1.66. The molecule has 0 saturated carbocycles. The Morgan fingerprint density at radius 3 is 2.21 bits per heavy atom. The Bertz CT molecular complexity index is 1270. The minimum absolute atomic E-state index is 0.118. The number of rotatable bonds is 8. The van der Waals surface area contributed by atoms with E-state index in [1.165, 1.54) is 30.3 Å². The lowest BCUT2D eigenvalue weighted by atomic mass is 10.1. The van der Waals surface area contributed by atoms with Gasteiger partial charge in [-0.05, 0) is 60.5 Å². The van der Waals surface area contributed by atoms with Crippen molar-refractivity contribution in [3.63, 3.8) is 0 Å². The van der Waals surface area contributed by atoms with Crippen LogP contribution in [0.2, 0.25) is 0 Å². The van der Waals surface area contributed by atoms with Gasteiger partial charge in [0.2, 0.25) is 5.91 Å². The highest BCUT2D eigenvalue weighted by Gasteiger charge is 2.11. The monoisotopic (exact) mass is 463 g/mol. The molecule has 3 aromatic rings. The van der Waals surface area contributed by atoms with Crippen LogP contribution in [0.1, 0.15) is 34.8 Å². The van der Waals surface area contributed by atoms with Crippen molar-refractivity contribution in [2.45, 2.75) is 20.3 Å². The van der Waals surface area contributed by atoms with Crippen LogP contribution in [0.15, 0.2) is 78.2 Å². The van der Waals surface area contributed by atoms with Crippen LogP contribution in [0, 0.1) is 6.92 Å². The molecule has 3 N–H and O–H groups in total. The van der Waals surface area contributed by atoms with Crippen LogP contribution in [-0.2, 0) is 14.8 Å². The van der Waals surface area contributed by atoms with Crippen molar-refractivity contribution < 1.29 is 18.0 Å². The summed E-state index contributed by atoms with van der Waals surface area (Å²) >= 11 is 0. The second kappa shape index (κ2) is 10.6. The smallest absolute Gasteiger partial charge is 0.255 e. The molecule has 0 heterocycles. The largest absolute Gasteiger partial charge is 0.326 e. The molecule has 170 valence electrons. The molecule has 0 aromatic heterocycles. The average Bonchev–Trinajstić information content (AvgIpc) is 2.80. The molecule has 0 unspecified atom stereocenters. The standard InChI is InChI=1S/C25H25N3O4S/c1-3-24(29)26-22-12-9-18(2)23(17-22)27-25(30)20-10-13-21(14-11-20)28-33(31,32)16-15-19-7-5-4-6-8-19/h4-17,28H,3H2,1-2H3,(H,26,29)(H,27,30)/b16-15+. The minimum atomic E-state index is -3.70. The first-order valence-corrected chi connectivity index (χ1v) is 11.9. The molecule has 33 heavy (non-hydrogen) atoms. The van der Waals surface area contributed by atoms with Gasteiger partial charge in [0.25, 0.3) is 15.9 Å². The van der Waals surface area contributed by atoms with E-state index in [4.69, 9.17) is 0 Å². The molecular formula is C25H25N3O4S. The number of nitrogens with one attached hydrogen (secondary N) is 3. The van der Waals surface area contributed by atoms with Gasteiger partial charge in [0.1, 0.15) is 0 Å². The van der Waals surface area contributed by atoms with Gasteiger partial charge in [-0.2, -0.15) is 0 Å². The molecule has 3 aromatic carbocycles. The molecule has 2 amide bonds. The number of amides is 2. The van der Waals surface area contributed by atoms with E-state index >= 15 is 0 Å². The molecule has 0 spiro atoms.